The fourth-order valence-electron chi connectivity index (χ4n) is 1.72. The molecule has 2 rings (SSSR count). The second-order valence-corrected chi connectivity index (χ2v) is 4.40. The topological polar surface area (TPSA) is 0 Å². The van der Waals surface area contributed by atoms with E-state index >= 15 is 0 Å². The van der Waals surface area contributed by atoms with Crippen molar-refractivity contribution in [1.82, 2.24) is 0 Å². The summed E-state index contributed by atoms with van der Waals surface area (Å²) in [7, 11) is 0. The van der Waals surface area contributed by atoms with Gasteiger partial charge >= 0.3 is 0 Å². The van der Waals surface area contributed by atoms with Crippen molar-refractivity contribution in [2.24, 2.45) is 0 Å². The summed E-state index contributed by atoms with van der Waals surface area (Å²) in [6, 6.07) is 13.0. The number of halogens is 1. The van der Waals surface area contributed by atoms with Crippen LogP contribution in [-0.2, 0) is 6.42 Å². The number of rotatable bonds is 2. The van der Waals surface area contributed by atoms with Gasteiger partial charge in [0.15, 0.2) is 0 Å². The molecule has 14 heavy (non-hydrogen) atoms. The van der Waals surface area contributed by atoms with Gasteiger partial charge in [0, 0.05) is 4.47 Å². The maximum atomic E-state index is 3.62. The maximum absolute atomic E-state index is 3.62. The highest BCUT2D eigenvalue weighted by Crippen LogP contribution is 2.25. The minimum atomic E-state index is 1.14. The van der Waals surface area contributed by atoms with Crippen LogP contribution in [0.15, 0.2) is 40.9 Å². The Bertz CT molecular complexity index is 446. The van der Waals surface area contributed by atoms with Crippen molar-refractivity contribution < 1.29 is 0 Å². The molecule has 0 aliphatic carbocycles. The van der Waals surface area contributed by atoms with Crippen molar-refractivity contribution in [2.45, 2.75) is 19.8 Å². The molecule has 0 N–H and O–H groups in total. The van der Waals surface area contributed by atoms with E-state index in [2.05, 4.69) is 59.3 Å². The molecule has 0 amide bonds. The summed E-state index contributed by atoms with van der Waals surface area (Å²) in [5.74, 6) is 0. The lowest BCUT2D eigenvalue weighted by Gasteiger charge is -2.05. The predicted octanol–water partition coefficient (Wildman–Crippen LogP) is 4.55. The molecule has 0 aromatic heterocycles. The zero-order valence-corrected chi connectivity index (χ0v) is 9.84. The van der Waals surface area contributed by atoms with Gasteiger partial charge < -0.3 is 0 Å². The highest BCUT2D eigenvalue weighted by atomic mass is 79.9. The number of fused-ring (bicyclic) bond motifs is 1. The van der Waals surface area contributed by atoms with E-state index in [1.807, 2.05) is 0 Å². The molecule has 0 spiro atoms. The van der Waals surface area contributed by atoms with E-state index in [1.54, 1.807) is 0 Å². The molecule has 0 bridgehead atoms. The number of benzene rings is 2. The quantitative estimate of drug-likeness (QED) is 0.732. The van der Waals surface area contributed by atoms with Gasteiger partial charge in [-0.1, -0.05) is 59.6 Å². The smallest absolute Gasteiger partial charge is 0.0213 e. The molecule has 0 atom stereocenters. The first-order valence-corrected chi connectivity index (χ1v) is 5.77. The van der Waals surface area contributed by atoms with Crippen molar-refractivity contribution in [2.75, 3.05) is 0 Å². The Morgan fingerprint density at radius 2 is 1.71 bits per heavy atom. The van der Waals surface area contributed by atoms with Crippen LogP contribution in [0.2, 0.25) is 0 Å². The van der Waals surface area contributed by atoms with Gasteiger partial charge in [-0.2, -0.15) is 0 Å². The van der Waals surface area contributed by atoms with Crippen molar-refractivity contribution >= 4 is 26.7 Å². The van der Waals surface area contributed by atoms with Crippen LogP contribution < -0.4 is 0 Å². The molecular weight excluding hydrogens is 236 g/mol. The molecule has 0 nitrogen and oxygen atoms in total. The molecule has 0 unspecified atom stereocenters. The minimum absolute atomic E-state index is 1.14. The van der Waals surface area contributed by atoms with E-state index in [4.69, 9.17) is 0 Å². The van der Waals surface area contributed by atoms with E-state index in [9.17, 15) is 0 Å². The zero-order valence-electron chi connectivity index (χ0n) is 8.26. The van der Waals surface area contributed by atoms with E-state index < -0.39 is 0 Å². The summed E-state index contributed by atoms with van der Waals surface area (Å²) in [5, 5.41) is 2.64. The minimum Gasteiger partial charge on any atom is -0.0651 e. The normalized spacial score (nSPS) is 10.7. The third-order valence-electron chi connectivity index (χ3n) is 2.43. The first-order valence-electron chi connectivity index (χ1n) is 4.98. The first-order chi connectivity index (χ1) is 6.81. The molecule has 72 valence electrons. The predicted molar refractivity (Wildman–Crippen MR) is 65.6 cm³/mol. The Morgan fingerprint density at radius 3 is 2.36 bits per heavy atom. The van der Waals surface area contributed by atoms with Gasteiger partial charge in [0.2, 0.25) is 0 Å². The molecule has 0 aliphatic heterocycles. The average Bonchev–Trinajstić information content (AvgIpc) is 2.19. The van der Waals surface area contributed by atoms with Gasteiger partial charge in [0.1, 0.15) is 0 Å². The highest BCUT2D eigenvalue weighted by molar-refractivity contribution is 9.10. The molecule has 0 fully saturated rings. The van der Waals surface area contributed by atoms with Crippen LogP contribution in [0.4, 0.5) is 0 Å². The largest absolute Gasteiger partial charge is 0.0651 e. The van der Waals surface area contributed by atoms with Gasteiger partial charge in [-0.05, 0) is 28.8 Å². The van der Waals surface area contributed by atoms with Crippen molar-refractivity contribution in [3.63, 3.8) is 0 Å². The van der Waals surface area contributed by atoms with Gasteiger partial charge in [-0.15, -0.1) is 0 Å². The molecule has 0 heterocycles. The second-order valence-electron chi connectivity index (χ2n) is 3.54. The summed E-state index contributed by atoms with van der Waals surface area (Å²) in [4.78, 5) is 0. The maximum Gasteiger partial charge on any atom is 0.0213 e. The van der Waals surface area contributed by atoms with Crippen LogP contribution in [0.3, 0.4) is 0 Å². The van der Waals surface area contributed by atoms with Gasteiger partial charge in [-0.25, -0.2) is 0 Å². The molecule has 0 saturated carbocycles. The molecule has 1 heteroatoms. The highest BCUT2D eigenvalue weighted by Gasteiger charge is 2.00. The fraction of sp³-hybridized carbons (Fsp3) is 0.231. The average molecular weight is 249 g/mol. The molecule has 2 aromatic rings. The lowest BCUT2D eigenvalue weighted by atomic mass is 10.0. The second kappa shape index (κ2) is 4.14. The third-order valence-corrected chi connectivity index (χ3v) is 3.17. The summed E-state index contributed by atoms with van der Waals surface area (Å²) in [6.45, 7) is 2.21. The van der Waals surface area contributed by atoms with E-state index in [0.717, 1.165) is 6.42 Å². The summed E-state index contributed by atoms with van der Waals surface area (Å²) >= 11 is 3.62. The van der Waals surface area contributed by atoms with Gasteiger partial charge in [-0.3, -0.25) is 0 Å². The van der Waals surface area contributed by atoms with Crippen LogP contribution in [-0.4, -0.2) is 0 Å². The molecular formula is C13H13Br. The summed E-state index contributed by atoms with van der Waals surface area (Å²) in [6.07, 6.45) is 2.34. The van der Waals surface area contributed by atoms with Gasteiger partial charge in [0.25, 0.3) is 0 Å². The van der Waals surface area contributed by atoms with E-state index in [1.165, 1.54) is 27.2 Å². The molecule has 0 aliphatic rings. The Balaban J connectivity index is 2.59. The first kappa shape index (κ1) is 9.72. The van der Waals surface area contributed by atoms with Crippen molar-refractivity contribution in [1.29, 1.82) is 0 Å². The summed E-state index contributed by atoms with van der Waals surface area (Å²) < 4.78 is 1.23. The SMILES string of the molecule is CCCc1cc2ccccc2cc1Br. The number of hydrogen-bond acceptors (Lipinski definition) is 0. The Labute approximate surface area is 93.1 Å². The van der Waals surface area contributed by atoms with Crippen molar-refractivity contribution in [3.8, 4) is 0 Å². The Morgan fingerprint density at radius 1 is 1.07 bits per heavy atom. The fourth-order valence-corrected chi connectivity index (χ4v) is 2.28. The number of hydrogen-bond donors (Lipinski definition) is 0. The molecule has 0 saturated heterocycles. The Kier molecular flexibility index (Phi) is 2.87. The Hall–Kier alpha value is -0.820. The van der Waals surface area contributed by atoms with Crippen LogP contribution in [0.25, 0.3) is 10.8 Å². The monoisotopic (exact) mass is 248 g/mol. The van der Waals surface area contributed by atoms with Gasteiger partial charge in [0.05, 0.1) is 0 Å². The van der Waals surface area contributed by atoms with Crippen LogP contribution >= 0.6 is 15.9 Å². The molecule has 2 aromatic carbocycles. The summed E-state index contributed by atoms with van der Waals surface area (Å²) in [5.41, 5.74) is 1.41. The molecule has 0 radical (unpaired) electrons. The standard InChI is InChI=1S/C13H13Br/c1-2-5-12-8-10-6-3-4-7-11(10)9-13(12)14/h3-4,6-9H,2,5H2,1H3. The number of aryl methyl sites for hydroxylation is 1. The van der Waals surface area contributed by atoms with Crippen molar-refractivity contribution in [3.05, 3.63) is 46.4 Å². The zero-order chi connectivity index (χ0) is 9.97. The lowest BCUT2D eigenvalue weighted by molar-refractivity contribution is 0.919. The van der Waals surface area contributed by atoms with Crippen LogP contribution in [0, 0.1) is 0 Å². The van der Waals surface area contributed by atoms with Crippen LogP contribution in [0.5, 0.6) is 0 Å². The third kappa shape index (κ3) is 1.83. The van der Waals surface area contributed by atoms with Crippen LogP contribution in [0.1, 0.15) is 18.9 Å². The van der Waals surface area contributed by atoms with E-state index in [0.29, 0.717) is 0 Å². The van der Waals surface area contributed by atoms with E-state index in [-0.39, 0.29) is 0 Å². The lowest BCUT2D eigenvalue weighted by Crippen LogP contribution is -1.85.